The summed E-state index contributed by atoms with van der Waals surface area (Å²) in [6.45, 7) is 3.06. The fraction of sp³-hybridized carbons (Fsp3) is 0.267. The van der Waals surface area contributed by atoms with E-state index in [0.717, 1.165) is 36.0 Å². The van der Waals surface area contributed by atoms with Crippen molar-refractivity contribution < 1.29 is 4.74 Å². The normalized spacial score (nSPS) is 10.0. The van der Waals surface area contributed by atoms with Crippen molar-refractivity contribution >= 4 is 17.3 Å². The molecular weight excluding hydrogens is 238 g/mol. The maximum Gasteiger partial charge on any atom is 0.132 e. The highest BCUT2D eigenvalue weighted by Crippen LogP contribution is 2.20. The molecule has 0 bridgehead atoms. The quantitative estimate of drug-likeness (QED) is 0.829. The molecule has 0 atom stereocenters. The minimum Gasteiger partial charge on any atom is -0.497 e. The number of benzene rings is 1. The number of methoxy groups -OCH3 is 1. The zero-order chi connectivity index (χ0) is 13.5. The second-order valence-corrected chi connectivity index (χ2v) is 4.19. The van der Waals surface area contributed by atoms with Crippen molar-refractivity contribution in [2.45, 2.75) is 13.3 Å². The van der Waals surface area contributed by atoms with Crippen LogP contribution in [0.25, 0.3) is 0 Å². The number of hydrogen-bond acceptors (Lipinski definition) is 4. The van der Waals surface area contributed by atoms with E-state index in [2.05, 4.69) is 22.5 Å². The van der Waals surface area contributed by atoms with Crippen molar-refractivity contribution in [1.29, 1.82) is 0 Å². The Hall–Kier alpha value is -2.23. The number of nitrogens with zero attached hydrogens (tertiary/aromatic N) is 1. The third-order valence-corrected chi connectivity index (χ3v) is 2.65. The van der Waals surface area contributed by atoms with Crippen molar-refractivity contribution in [3.05, 3.63) is 42.5 Å². The lowest BCUT2D eigenvalue weighted by atomic mass is 10.3. The van der Waals surface area contributed by atoms with Crippen LogP contribution in [0, 0.1) is 0 Å². The van der Waals surface area contributed by atoms with E-state index in [4.69, 9.17) is 4.74 Å². The van der Waals surface area contributed by atoms with E-state index >= 15 is 0 Å². The molecule has 4 nitrogen and oxygen atoms in total. The van der Waals surface area contributed by atoms with Crippen molar-refractivity contribution in [1.82, 2.24) is 4.98 Å². The Morgan fingerprint density at radius 2 is 1.89 bits per heavy atom. The second-order valence-electron chi connectivity index (χ2n) is 4.19. The number of ether oxygens (including phenoxy) is 1. The summed E-state index contributed by atoms with van der Waals surface area (Å²) < 4.78 is 5.20. The molecule has 0 fully saturated rings. The lowest BCUT2D eigenvalue weighted by molar-refractivity contribution is 0.415. The van der Waals surface area contributed by atoms with E-state index in [1.54, 1.807) is 7.11 Å². The van der Waals surface area contributed by atoms with Gasteiger partial charge in [-0.15, -0.1) is 0 Å². The van der Waals surface area contributed by atoms with Crippen LogP contribution in [-0.4, -0.2) is 18.6 Å². The van der Waals surface area contributed by atoms with Gasteiger partial charge in [-0.25, -0.2) is 4.98 Å². The average molecular weight is 257 g/mol. The minimum absolute atomic E-state index is 0.814. The first-order valence-electron chi connectivity index (χ1n) is 6.44. The topological polar surface area (TPSA) is 46.2 Å². The summed E-state index contributed by atoms with van der Waals surface area (Å²) in [5.41, 5.74) is 0.958. The predicted molar refractivity (Wildman–Crippen MR) is 79.3 cm³/mol. The minimum atomic E-state index is 0.814. The van der Waals surface area contributed by atoms with Gasteiger partial charge in [0.25, 0.3) is 0 Å². The largest absolute Gasteiger partial charge is 0.497 e. The number of nitrogens with one attached hydrogen (secondary N) is 2. The molecule has 2 N–H and O–H groups in total. The first-order chi connectivity index (χ1) is 9.31. The van der Waals surface area contributed by atoms with Gasteiger partial charge in [-0.1, -0.05) is 19.1 Å². The molecule has 0 spiro atoms. The van der Waals surface area contributed by atoms with E-state index in [0.29, 0.717) is 0 Å². The van der Waals surface area contributed by atoms with Crippen LogP contribution in [0.1, 0.15) is 13.3 Å². The lowest BCUT2D eigenvalue weighted by Crippen LogP contribution is -2.03. The molecule has 2 aromatic rings. The van der Waals surface area contributed by atoms with Gasteiger partial charge in [-0.2, -0.15) is 0 Å². The maximum absolute atomic E-state index is 5.20. The standard InChI is InChI=1S/C15H19N3O/c1-3-10-16-14-8-5-9-15(18-14)17-12-6-4-7-13(11-12)19-2/h4-9,11H,3,10H2,1-2H3,(H2,16,17,18). The van der Waals surface area contributed by atoms with Crippen LogP contribution in [0.2, 0.25) is 0 Å². The van der Waals surface area contributed by atoms with Crippen LogP contribution < -0.4 is 15.4 Å². The molecule has 0 aliphatic carbocycles. The molecular formula is C15H19N3O. The smallest absolute Gasteiger partial charge is 0.132 e. The van der Waals surface area contributed by atoms with Gasteiger partial charge in [0.05, 0.1) is 7.11 Å². The molecule has 0 amide bonds. The Kier molecular flexibility index (Phi) is 4.61. The third kappa shape index (κ3) is 3.88. The summed E-state index contributed by atoms with van der Waals surface area (Å²) in [4.78, 5) is 4.50. The lowest BCUT2D eigenvalue weighted by Gasteiger charge is -2.09. The zero-order valence-corrected chi connectivity index (χ0v) is 11.3. The number of anilines is 3. The van der Waals surface area contributed by atoms with E-state index < -0.39 is 0 Å². The van der Waals surface area contributed by atoms with Gasteiger partial charge >= 0.3 is 0 Å². The zero-order valence-electron chi connectivity index (χ0n) is 11.3. The fourth-order valence-electron chi connectivity index (χ4n) is 1.70. The highest BCUT2D eigenvalue weighted by Gasteiger charge is 1.99. The van der Waals surface area contributed by atoms with Crippen molar-refractivity contribution in [2.24, 2.45) is 0 Å². The van der Waals surface area contributed by atoms with Crippen LogP contribution in [0.15, 0.2) is 42.5 Å². The molecule has 2 rings (SSSR count). The molecule has 0 aliphatic heterocycles. The van der Waals surface area contributed by atoms with Gasteiger partial charge < -0.3 is 15.4 Å². The van der Waals surface area contributed by atoms with Gasteiger partial charge in [-0.3, -0.25) is 0 Å². The first kappa shape index (κ1) is 13.2. The number of aromatic nitrogens is 1. The van der Waals surface area contributed by atoms with Gasteiger partial charge in [0, 0.05) is 18.3 Å². The third-order valence-electron chi connectivity index (χ3n) is 2.65. The van der Waals surface area contributed by atoms with Gasteiger partial charge in [0.2, 0.25) is 0 Å². The van der Waals surface area contributed by atoms with Crippen molar-refractivity contribution in [3.63, 3.8) is 0 Å². The van der Waals surface area contributed by atoms with Gasteiger partial charge in [-0.05, 0) is 30.7 Å². The molecule has 0 saturated carbocycles. The monoisotopic (exact) mass is 257 g/mol. The highest BCUT2D eigenvalue weighted by molar-refractivity contribution is 5.59. The van der Waals surface area contributed by atoms with E-state index in [9.17, 15) is 0 Å². The Bertz CT molecular complexity index is 528. The second kappa shape index (κ2) is 6.64. The molecule has 1 heterocycles. The number of hydrogen-bond donors (Lipinski definition) is 2. The van der Waals surface area contributed by atoms with Crippen molar-refractivity contribution in [2.75, 3.05) is 24.3 Å². The van der Waals surface area contributed by atoms with Crippen LogP contribution >= 0.6 is 0 Å². The molecule has 1 aromatic heterocycles. The van der Waals surface area contributed by atoms with Crippen LogP contribution in [0.5, 0.6) is 5.75 Å². The van der Waals surface area contributed by atoms with Crippen LogP contribution in [0.3, 0.4) is 0 Å². The number of pyridine rings is 1. The average Bonchev–Trinajstić information content (AvgIpc) is 2.46. The molecule has 0 radical (unpaired) electrons. The summed E-state index contributed by atoms with van der Waals surface area (Å²) in [6, 6.07) is 13.7. The molecule has 0 saturated heterocycles. The fourth-order valence-corrected chi connectivity index (χ4v) is 1.70. The maximum atomic E-state index is 5.20. The van der Waals surface area contributed by atoms with E-state index in [-0.39, 0.29) is 0 Å². The van der Waals surface area contributed by atoms with Crippen LogP contribution in [0.4, 0.5) is 17.3 Å². The number of rotatable bonds is 6. The Morgan fingerprint density at radius 3 is 2.68 bits per heavy atom. The molecule has 19 heavy (non-hydrogen) atoms. The Balaban J connectivity index is 2.09. The Labute approximate surface area is 113 Å². The molecule has 1 aromatic carbocycles. The van der Waals surface area contributed by atoms with Gasteiger partial charge in [0.1, 0.15) is 17.4 Å². The summed E-state index contributed by atoms with van der Waals surface area (Å²) >= 11 is 0. The van der Waals surface area contributed by atoms with E-state index in [1.807, 2.05) is 42.5 Å². The van der Waals surface area contributed by atoms with Gasteiger partial charge in [0.15, 0.2) is 0 Å². The van der Waals surface area contributed by atoms with Crippen LogP contribution in [-0.2, 0) is 0 Å². The predicted octanol–water partition coefficient (Wildman–Crippen LogP) is 3.66. The molecule has 4 heteroatoms. The Morgan fingerprint density at radius 1 is 1.11 bits per heavy atom. The summed E-state index contributed by atoms with van der Waals surface area (Å²) in [5.74, 6) is 2.52. The molecule has 0 aliphatic rings. The summed E-state index contributed by atoms with van der Waals surface area (Å²) in [5, 5.41) is 6.53. The first-order valence-corrected chi connectivity index (χ1v) is 6.44. The van der Waals surface area contributed by atoms with Crippen molar-refractivity contribution in [3.8, 4) is 5.75 Å². The summed E-state index contributed by atoms with van der Waals surface area (Å²) in [7, 11) is 1.66. The molecule has 0 unspecified atom stereocenters. The highest BCUT2D eigenvalue weighted by atomic mass is 16.5. The summed E-state index contributed by atoms with van der Waals surface area (Å²) in [6.07, 6.45) is 1.08. The SMILES string of the molecule is CCCNc1cccc(Nc2cccc(OC)c2)n1. The van der Waals surface area contributed by atoms with E-state index in [1.165, 1.54) is 0 Å². The molecule has 100 valence electrons.